The van der Waals surface area contributed by atoms with Gasteiger partial charge in [-0.05, 0) is 61.9 Å². The SMILES string of the molecule is Cc1ccccc1NC(=O)C(C)Oc1ccc(Oc2ccccc2)cc1. The topological polar surface area (TPSA) is 47.6 Å². The van der Waals surface area contributed by atoms with Crippen molar-refractivity contribution >= 4 is 11.6 Å². The Morgan fingerprint density at radius 3 is 2.08 bits per heavy atom. The van der Waals surface area contributed by atoms with E-state index in [9.17, 15) is 4.79 Å². The van der Waals surface area contributed by atoms with E-state index in [1.54, 1.807) is 19.1 Å². The quantitative estimate of drug-likeness (QED) is 0.667. The van der Waals surface area contributed by atoms with Gasteiger partial charge in [-0.15, -0.1) is 0 Å². The zero-order chi connectivity index (χ0) is 18.4. The summed E-state index contributed by atoms with van der Waals surface area (Å²) in [5, 5.41) is 2.89. The van der Waals surface area contributed by atoms with Crippen LogP contribution in [0.15, 0.2) is 78.9 Å². The summed E-state index contributed by atoms with van der Waals surface area (Å²) >= 11 is 0. The fourth-order valence-corrected chi connectivity index (χ4v) is 2.42. The van der Waals surface area contributed by atoms with Crippen molar-refractivity contribution in [1.29, 1.82) is 0 Å². The van der Waals surface area contributed by atoms with E-state index in [0.29, 0.717) is 11.5 Å². The molecule has 4 nitrogen and oxygen atoms in total. The smallest absolute Gasteiger partial charge is 0.265 e. The van der Waals surface area contributed by atoms with Gasteiger partial charge in [-0.3, -0.25) is 4.79 Å². The van der Waals surface area contributed by atoms with Gasteiger partial charge in [0.1, 0.15) is 17.2 Å². The summed E-state index contributed by atoms with van der Waals surface area (Å²) in [6.07, 6.45) is -0.615. The molecule has 3 aromatic rings. The van der Waals surface area contributed by atoms with Crippen LogP contribution in [0, 0.1) is 6.92 Å². The maximum Gasteiger partial charge on any atom is 0.265 e. The third kappa shape index (κ3) is 4.63. The molecule has 1 atom stereocenters. The van der Waals surface area contributed by atoms with Crippen LogP contribution in [0.2, 0.25) is 0 Å². The average Bonchev–Trinajstić information content (AvgIpc) is 2.66. The van der Waals surface area contributed by atoms with Crippen molar-refractivity contribution in [3.8, 4) is 17.2 Å². The first-order chi connectivity index (χ1) is 12.6. The van der Waals surface area contributed by atoms with Gasteiger partial charge in [0.2, 0.25) is 0 Å². The van der Waals surface area contributed by atoms with Crippen molar-refractivity contribution in [3.63, 3.8) is 0 Å². The number of benzene rings is 3. The molecule has 0 aliphatic rings. The van der Waals surface area contributed by atoms with Crippen LogP contribution in [-0.4, -0.2) is 12.0 Å². The maximum atomic E-state index is 12.3. The summed E-state index contributed by atoms with van der Waals surface area (Å²) in [7, 11) is 0. The van der Waals surface area contributed by atoms with E-state index in [4.69, 9.17) is 9.47 Å². The number of hydrogen-bond donors (Lipinski definition) is 1. The molecule has 0 fully saturated rings. The first kappa shape index (κ1) is 17.5. The molecule has 26 heavy (non-hydrogen) atoms. The Morgan fingerprint density at radius 2 is 1.38 bits per heavy atom. The molecule has 3 aromatic carbocycles. The van der Waals surface area contributed by atoms with Crippen LogP contribution < -0.4 is 14.8 Å². The molecule has 0 heterocycles. The molecule has 0 aliphatic carbocycles. The van der Waals surface area contributed by atoms with Crippen LogP contribution in [0.3, 0.4) is 0 Å². The Morgan fingerprint density at radius 1 is 0.808 bits per heavy atom. The molecule has 0 bridgehead atoms. The van der Waals surface area contributed by atoms with E-state index < -0.39 is 6.10 Å². The number of rotatable bonds is 6. The number of para-hydroxylation sites is 2. The Hall–Kier alpha value is -3.27. The van der Waals surface area contributed by atoms with E-state index in [1.165, 1.54) is 0 Å². The highest BCUT2D eigenvalue weighted by Crippen LogP contribution is 2.24. The van der Waals surface area contributed by atoms with Gasteiger partial charge in [-0.2, -0.15) is 0 Å². The molecular weight excluding hydrogens is 326 g/mol. The van der Waals surface area contributed by atoms with E-state index in [-0.39, 0.29) is 5.91 Å². The van der Waals surface area contributed by atoms with E-state index in [0.717, 1.165) is 17.0 Å². The summed E-state index contributed by atoms with van der Waals surface area (Å²) in [6, 6.07) is 24.4. The third-order valence-electron chi connectivity index (χ3n) is 3.89. The van der Waals surface area contributed by atoms with Crippen LogP contribution in [-0.2, 0) is 4.79 Å². The predicted molar refractivity (Wildman–Crippen MR) is 103 cm³/mol. The third-order valence-corrected chi connectivity index (χ3v) is 3.89. The molecule has 0 saturated heterocycles. The minimum absolute atomic E-state index is 0.191. The fraction of sp³-hybridized carbons (Fsp3) is 0.136. The number of hydrogen-bond acceptors (Lipinski definition) is 3. The number of nitrogens with one attached hydrogen (secondary N) is 1. The van der Waals surface area contributed by atoms with Crippen molar-refractivity contribution in [1.82, 2.24) is 0 Å². The molecule has 3 rings (SSSR count). The average molecular weight is 347 g/mol. The van der Waals surface area contributed by atoms with Crippen LogP contribution in [0.5, 0.6) is 17.2 Å². The summed E-state index contributed by atoms with van der Waals surface area (Å²) in [5.41, 5.74) is 1.80. The van der Waals surface area contributed by atoms with Crippen molar-refractivity contribution in [2.45, 2.75) is 20.0 Å². The number of anilines is 1. The Kier molecular flexibility index (Phi) is 5.54. The number of aryl methyl sites for hydroxylation is 1. The number of ether oxygens (including phenoxy) is 2. The lowest BCUT2D eigenvalue weighted by molar-refractivity contribution is -0.122. The van der Waals surface area contributed by atoms with Crippen LogP contribution >= 0.6 is 0 Å². The molecule has 1 amide bonds. The Bertz CT molecular complexity index is 860. The Labute approximate surface area is 153 Å². The van der Waals surface area contributed by atoms with Gasteiger partial charge in [-0.25, -0.2) is 0 Å². The summed E-state index contributed by atoms with van der Waals surface area (Å²) in [6.45, 7) is 3.68. The molecule has 1 N–H and O–H groups in total. The number of amides is 1. The van der Waals surface area contributed by atoms with Gasteiger partial charge in [0.15, 0.2) is 6.10 Å². The zero-order valence-electron chi connectivity index (χ0n) is 14.8. The van der Waals surface area contributed by atoms with Crippen molar-refractivity contribution in [2.24, 2.45) is 0 Å². The van der Waals surface area contributed by atoms with Gasteiger partial charge in [0.05, 0.1) is 0 Å². The molecule has 0 saturated carbocycles. The molecule has 0 spiro atoms. The first-order valence-electron chi connectivity index (χ1n) is 8.48. The standard InChI is InChI=1S/C22H21NO3/c1-16-8-6-7-11-21(16)23-22(24)17(2)25-19-12-14-20(15-13-19)26-18-9-4-3-5-10-18/h3-15,17H,1-2H3,(H,23,24). The van der Waals surface area contributed by atoms with Gasteiger partial charge in [0, 0.05) is 5.69 Å². The number of carbonyl (C=O) groups is 1. The van der Waals surface area contributed by atoms with Crippen molar-refractivity contribution in [3.05, 3.63) is 84.4 Å². The minimum atomic E-state index is -0.615. The molecule has 1 unspecified atom stereocenters. The highest BCUT2D eigenvalue weighted by Gasteiger charge is 2.15. The molecule has 0 aliphatic heterocycles. The van der Waals surface area contributed by atoms with Crippen molar-refractivity contribution < 1.29 is 14.3 Å². The molecule has 132 valence electrons. The van der Waals surface area contributed by atoms with Crippen LogP contribution in [0.4, 0.5) is 5.69 Å². The Balaban J connectivity index is 1.58. The maximum absolute atomic E-state index is 12.3. The lowest BCUT2D eigenvalue weighted by Crippen LogP contribution is -2.30. The lowest BCUT2D eigenvalue weighted by atomic mass is 10.2. The van der Waals surface area contributed by atoms with Gasteiger partial charge < -0.3 is 14.8 Å². The second-order valence-electron chi connectivity index (χ2n) is 5.95. The molecule has 0 radical (unpaired) electrons. The normalized spacial score (nSPS) is 11.5. The van der Waals surface area contributed by atoms with Crippen LogP contribution in [0.1, 0.15) is 12.5 Å². The van der Waals surface area contributed by atoms with E-state index >= 15 is 0 Å². The number of carbonyl (C=O) groups excluding carboxylic acids is 1. The summed E-state index contributed by atoms with van der Waals surface area (Å²) in [4.78, 5) is 12.3. The largest absolute Gasteiger partial charge is 0.481 e. The minimum Gasteiger partial charge on any atom is -0.481 e. The lowest BCUT2D eigenvalue weighted by Gasteiger charge is -2.16. The molecule has 0 aromatic heterocycles. The predicted octanol–water partition coefficient (Wildman–Crippen LogP) is 5.19. The van der Waals surface area contributed by atoms with Gasteiger partial charge in [0.25, 0.3) is 5.91 Å². The zero-order valence-corrected chi connectivity index (χ0v) is 14.8. The highest BCUT2D eigenvalue weighted by atomic mass is 16.5. The van der Waals surface area contributed by atoms with E-state index in [1.807, 2.05) is 73.7 Å². The van der Waals surface area contributed by atoms with Crippen molar-refractivity contribution in [2.75, 3.05) is 5.32 Å². The second-order valence-corrected chi connectivity index (χ2v) is 5.95. The fourth-order valence-electron chi connectivity index (χ4n) is 2.42. The molecular formula is C22H21NO3. The summed E-state index contributed by atoms with van der Waals surface area (Å²) in [5.74, 6) is 1.90. The second kappa shape index (κ2) is 8.21. The summed E-state index contributed by atoms with van der Waals surface area (Å²) < 4.78 is 11.5. The van der Waals surface area contributed by atoms with E-state index in [2.05, 4.69) is 5.32 Å². The first-order valence-corrected chi connectivity index (χ1v) is 8.48. The monoisotopic (exact) mass is 347 g/mol. The highest BCUT2D eigenvalue weighted by molar-refractivity contribution is 5.94. The van der Waals surface area contributed by atoms with Crippen LogP contribution in [0.25, 0.3) is 0 Å². The van der Waals surface area contributed by atoms with Gasteiger partial charge in [-0.1, -0.05) is 36.4 Å². The molecule has 4 heteroatoms. The van der Waals surface area contributed by atoms with Gasteiger partial charge >= 0.3 is 0 Å².